The number of likely N-dealkylation sites (tertiary alicyclic amines) is 1. The summed E-state index contributed by atoms with van der Waals surface area (Å²) < 4.78 is 6.65. The normalized spacial score (nSPS) is 15.8. The van der Waals surface area contributed by atoms with Gasteiger partial charge in [-0.15, -0.1) is 0 Å². The monoisotopic (exact) mass is 344 g/mol. The zero-order valence-electron chi connectivity index (χ0n) is 14.9. The van der Waals surface area contributed by atoms with Crippen molar-refractivity contribution < 1.29 is 9.32 Å². The number of rotatable bonds is 4. The van der Waals surface area contributed by atoms with Gasteiger partial charge in [-0.25, -0.2) is 4.98 Å². The fourth-order valence-electron chi connectivity index (χ4n) is 3.16. The van der Waals surface area contributed by atoms with E-state index in [-0.39, 0.29) is 17.4 Å². The summed E-state index contributed by atoms with van der Waals surface area (Å²) in [5.74, 6) is 1.14. The molecule has 0 aliphatic carbocycles. The summed E-state index contributed by atoms with van der Waals surface area (Å²) in [5.41, 5.74) is 1.35. The third-order valence-electron chi connectivity index (χ3n) is 4.83. The Hall–Kier alpha value is -2.44. The van der Waals surface area contributed by atoms with E-state index in [2.05, 4.69) is 10.1 Å². The van der Waals surface area contributed by atoms with Crippen LogP contribution in [-0.2, 0) is 6.54 Å². The second-order valence-corrected chi connectivity index (χ2v) is 6.99. The molecule has 7 nitrogen and oxygen atoms in total. The Morgan fingerprint density at radius 2 is 2.08 bits per heavy atom. The largest absolute Gasteiger partial charge is 0.361 e. The first kappa shape index (κ1) is 17.4. The molecule has 0 N–H and O–H groups in total. The topological polar surface area (TPSA) is 81.2 Å². The number of aromatic nitrogens is 3. The lowest BCUT2D eigenvalue weighted by molar-refractivity contribution is 0.0680. The zero-order chi connectivity index (χ0) is 18.0. The van der Waals surface area contributed by atoms with E-state index in [4.69, 9.17) is 4.52 Å². The van der Waals surface area contributed by atoms with Gasteiger partial charge in [-0.3, -0.25) is 14.2 Å². The summed E-state index contributed by atoms with van der Waals surface area (Å²) >= 11 is 0. The zero-order valence-corrected chi connectivity index (χ0v) is 14.9. The summed E-state index contributed by atoms with van der Waals surface area (Å²) in [5, 5.41) is 3.67. The molecule has 1 aliphatic heterocycles. The Bertz CT molecular complexity index is 801. The number of carbonyl (C=O) groups is 1. The fraction of sp³-hybridized carbons (Fsp3) is 0.556. The van der Waals surface area contributed by atoms with Crippen molar-refractivity contribution >= 4 is 5.91 Å². The number of hydrogen-bond acceptors (Lipinski definition) is 5. The van der Waals surface area contributed by atoms with E-state index in [9.17, 15) is 9.59 Å². The molecule has 0 radical (unpaired) electrons. The third-order valence-corrected chi connectivity index (χ3v) is 4.83. The van der Waals surface area contributed by atoms with Gasteiger partial charge in [0.1, 0.15) is 11.3 Å². The second-order valence-electron chi connectivity index (χ2n) is 6.99. The first-order chi connectivity index (χ1) is 12.0. The summed E-state index contributed by atoms with van der Waals surface area (Å²) in [7, 11) is 0. The average Bonchev–Trinajstić information content (AvgIpc) is 3.02. The van der Waals surface area contributed by atoms with Crippen LogP contribution < -0.4 is 5.56 Å². The molecule has 0 spiro atoms. The maximum absolute atomic E-state index is 12.5. The predicted octanol–water partition coefficient (Wildman–Crippen LogP) is 2.22. The molecule has 3 heterocycles. The maximum atomic E-state index is 12.5. The van der Waals surface area contributed by atoms with Crippen LogP contribution in [0, 0.1) is 12.8 Å². The summed E-state index contributed by atoms with van der Waals surface area (Å²) in [6, 6.07) is 1.62. The summed E-state index contributed by atoms with van der Waals surface area (Å²) in [6.07, 6.45) is 4.86. The highest BCUT2D eigenvalue weighted by atomic mass is 16.5. The van der Waals surface area contributed by atoms with Crippen LogP contribution in [0.25, 0.3) is 0 Å². The minimum atomic E-state index is -0.0303. The highest BCUT2D eigenvalue weighted by molar-refractivity contribution is 5.94. The smallest absolute Gasteiger partial charge is 0.259 e. The molecule has 1 saturated heterocycles. The molecule has 0 saturated carbocycles. The Kier molecular flexibility index (Phi) is 5.01. The highest BCUT2D eigenvalue weighted by Gasteiger charge is 2.26. The molecule has 1 fully saturated rings. The van der Waals surface area contributed by atoms with Crippen molar-refractivity contribution in [1.29, 1.82) is 0 Å². The number of nitrogens with zero attached hydrogens (tertiary/aromatic N) is 4. The molecular formula is C18H24N4O3. The lowest BCUT2D eigenvalue weighted by Crippen LogP contribution is -2.40. The Balaban J connectivity index is 1.59. The SMILES string of the molecule is Cc1oncc1C(=O)N1CCC(Cn2cnc(C(C)C)cc2=O)CC1. The van der Waals surface area contributed by atoms with E-state index in [0.717, 1.165) is 18.5 Å². The van der Waals surface area contributed by atoms with Crippen molar-refractivity contribution in [2.24, 2.45) is 5.92 Å². The molecule has 25 heavy (non-hydrogen) atoms. The number of carbonyl (C=O) groups excluding carboxylic acids is 1. The van der Waals surface area contributed by atoms with Gasteiger partial charge in [0.2, 0.25) is 0 Å². The molecule has 1 amide bonds. The van der Waals surface area contributed by atoms with Crippen LogP contribution in [0.5, 0.6) is 0 Å². The summed E-state index contributed by atoms with van der Waals surface area (Å²) in [6.45, 7) is 7.80. The van der Waals surface area contributed by atoms with Gasteiger partial charge in [0.05, 0.1) is 18.2 Å². The van der Waals surface area contributed by atoms with E-state index in [1.807, 2.05) is 18.7 Å². The Morgan fingerprint density at radius 1 is 1.36 bits per heavy atom. The third kappa shape index (κ3) is 3.81. The van der Waals surface area contributed by atoms with Crippen LogP contribution in [-0.4, -0.2) is 38.6 Å². The predicted molar refractivity (Wildman–Crippen MR) is 92.5 cm³/mol. The maximum Gasteiger partial charge on any atom is 0.259 e. The fourth-order valence-corrected chi connectivity index (χ4v) is 3.16. The molecule has 0 bridgehead atoms. The lowest BCUT2D eigenvalue weighted by atomic mass is 9.96. The van der Waals surface area contributed by atoms with E-state index in [1.54, 1.807) is 23.9 Å². The van der Waals surface area contributed by atoms with Crippen LogP contribution in [0.2, 0.25) is 0 Å². The van der Waals surface area contributed by atoms with Crippen LogP contribution in [0.4, 0.5) is 0 Å². The van der Waals surface area contributed by atoms with Crippen LogP contribution in [0.15, 0.2) is 27.9 Å². The molecule has 134 valence electrons. The van der Waals surface area contributed by atoms with Crippen molar-refractivity contribution in [3.8, 4) is 0 Å². The van der Waals surface area contributed by atoms with E-state index in [0.29, 0.717) is 36.9 Å². The lowest BCUT2D eigenvalue weighted by Gasteiger charge is -2.32. The number of piperidine rings is 1. The minimum Gasteiger partial charge on any atom is -0.361 e. The first-order valence-corrected chi connectivity index (χ1v) is 8.72. The minimum absolute atomic E-state index is 0.00250. The van der Waals surface area contributed by atoms with Gasteiger partial charge < -0.3 is 9.42 Å². The standard InChI is InChI=1S/C18H24N4O3/c1-12(2)16-8-17(23)22(11-19-16)10-14-4-6-21(7-5-14)18(24)15-9-20-25-13(15)3/h8-9,11-12,14H,4-7,10H2,1-3H3. The number of aryl methyl sites for hydroxylation is 1. The van der Waals surface area contributed by atoms with Gasteiger partial charge >= 0.3 is 0 Å². The molecule has 2 aromatic heterocycles. The van der Waals surface area contributed by atoms with Gasteiger partial charge in [-0.1, -0.05) is 19.0 Å². The van der Waals surface area contributed by atoms with Gasteiger partial charge in [0.25, 0.3) is 11.5 Å². The first-order valence-electron chi connectivity index (χ1n) is 8.72. The van der Waals surface area contributed by atoms with Crippen LogP contribution in [0.3, 0.4) is 0 Å². The van der Waals surface area contributed by atoms with Gasteiger partial charge in [0.15, 0.2) is 0 Å². The van der Waals surface area contributed by atoms with Gasteiger partial charge in [0, 0.05) is 25.7 Å². The molecule has 0 atom stereocenters. The molecule has 2 aromatic rings. The Labute approximate surface area is 146 Å². The van der Waals surface area contributed by atoms with Crippen LogP contribution >= 0.6 is 0 Å². The quantitative estimate of drug-likeness (QED) is 0.849. The van der Waals surface area contributed by atoms with Crippen molar-refractivity contribution in [2.45, 2.75) is 46.1 Å². The molecule has 1 aliphatic rings. The molecule has 3 rings (SSSR count). The second kappa shape index (κ2) is 7.21. The number of amides is 1. The van der Waals surface area contributed by atoms with E-state index < -0.39 is 0 Å². The van der Waals surface area contributed by atoms with E-state index >= 15 is 0 Å². The van der Waals surface area contributed by atoms with Crippen molar-refractivity contribution in [3.63, 3.8) is 0 Å². The average molecular weight is 344 g/mol. The molecule has 0 unspecified atom stereocenters. The van der Waals surface area contributed by atoms with E-state index in [1.165, 1.54) is 6.20 Å². The van der Waals surface area contributed by atoms with Crippen LogP contribution in [0.1, 0.15) is 54.4 Å². The van der Waals surface area contributed by atoms with Crippen molar-refractivity contribution in [3.05, 3.63) is 46.0 Å². The van der Waals surface area contributed by atoms with Gasteiger partial charge in [-0.2, -0.15) is 0 Å². The van der Waals surface area contributed by atoms with Crippen molar-refractivity contribution in [1.82, 2.24) is 19.6 Å². The Morgan fingerprint density at radius 3 is 2.64 bits per heavy atom. The molecule has 7 heteroatoms. The van der Waals surface area contributed by atoms with Gasteiger partial charge in [-0.05, 0) is 31.6 Å². The number of hydrogen-bond donors (Lipinski definition) is 0. The van der Waals surface area contributed by atoms with Crippen molar-refractivity contribution in [2.75, 3.05) is 13.1 Å². The molecule has 0 aromatic carbocycles. The molecular weight excluding hydrogens is 320 g/mol. The summed E-state index contributed by atoms with van der Waals surface area (Å²) in [4.78, 5) is 30.9. The highest BCUT2D eigenvalue weighted by Crippen LogP contribution is 2.21.